The Morgan fingerprint density at radius 1 is 1.19 bits per heavy atom. The standard InChI is InChI=1S/C23H29N7O2/c1-24-23(25-13-16-5-4-6-17(9-16)22-26-15-27-29-22)28-18-7-8-30(14-18)19-10-20(31-2)12-21(11-19)32-3/h4-6,9-12,15,18H,7-8,13-14H2,1-3H3,(H2,24,25,28)(H,26,27,29). The summed E-state index contributed by atoms with van der Waals surface area (Å²) in [6, 6.07) is 14.5. The summed E-state index contributed by atoms with van der Waals surface area (Å²) in [7, 11) is 5.13. The molecule has 1 aromatic heterocycles. The molecular formula is C23H29N7O2. The lowest BCUT2D eigenvalue weighted by Crippen LogP contribution is -2.44. The Morgan fingerprint density at radius 2 is 2.00 bits per heavy atom. The second-order valence-electron chi connectivity index (χ2n) is 7.61. The number of anilines is 1. The van der Waals surface area contributed by atoms with E-state index in [0.29, 0.717) is 12.6 Å². The van der Waals surface area contributed by atoms with Crippen molar-refractivity contribution in [3.8, 4) is 22.9 Å². The van der Waals surface area contributed by atoms with Gasteiger partial charge >= 0.3 is 0 Å². The summed E-state index contributed by atoms with van der Waals surface area (Å²) in [5, 5.41) is 13.8. The van der Waals surface area contributed by atoms with Crippen molar-refractivity contribution in [1.29, 1.82) is 0 Å². The molecule has 2 aromatic carbocycles. The number of guanidine groups is 1. The molecule has 9 heteroatoms. The van der Waals surface area contributed by atoms with Crippen molar-refractivity contribution in [3.63, 3.8) is 0 Å². The number of aromatic amines is 1. The highest BCUT2D eigenvalue weighted by atomic mass is 16.5. The van der Waals surface area contributed by atoms with Crippen LogP contribution < -0.4 is 25.0 Å². The monoisotopic (exact) mass is 435 g/mol. The number of ether oxygens (including phenoxy) is 2. The zero-order chi connectivity index (χ0) is 22.3. The van der Waals surface area contributed by atoms with E-state index in [4.69, 9.17) is 9.47 Å². The van der Waals surface area contributed by atoms with Crippen LogP contribution in [0.3, 0.4) is 0 Å². The molecule has 1 aliphatic rings. The first kappa shape index (κ1) is 21.5. The topological polar surface area (TPSA) is 99.7 Å². The average molecular weight is 436 g/mol. The molecule has 3 N–H and O–H groups in total. The SMILES string of the molecule is CN=C(NCc1cccc(-c2ncn[nH]2)c1)NC1CCN(c2cc(OC)cc(OC)c2)C1. The highest BCUT2D eigenvalue weighted by molar-refractivity contribution is 5.80. The van der Waals surface area contributed by atoms with Crippen molar-refractivity contribution in [2.24, 2.45) is 4.99 Å². The van der Waals surface area contributed by atoms with E-state index in [2.05, 4.69) is 47.8 Å². The van der Waals surface area contributed by atoms with Crippen LogP contribution >= 0.6 is 0 Å². The Hall–Kier alpha value is -3.75. The van der Waals surface area contributed by atoms with Crippen molar-refractivity contribution in [1.82, 2.24) is 25.8 Å². The van der Waals surface area contributed by atoms with Gasteiger partial charge in [-0.05, 0) is 18.1 Å². The van der Waals surface area contributed by atoms with Gasteiger partial charge in [-0.15, -0.1) is 0 Å². The highest BCUT2D eigenvalue weighted by Crippen LogP contribution is 2.30. The second-order valence-corrected chi connectivity index (χ2v) is 7.61. The first-order valence-electron chi connectivity index (χ1n) is 10.6. The van der Waals surface area contributed by atoms with E-state index < -0.39 is 0 Å². The van der Waals surface area contributed by atoms with Crippen LogP contribution in [0.5, 0.6) is 11.5 Å². The molecular weight excluding hydrogens is 406 g/mol. The third-order valence-corrected chi connectivity index (χ3v) is 5.53. The Kier molecular flexibility index (Phi) is 6.74. The number of rotatable bonds is 7. The van der Waals surface area contributed by atoms with Gasteiger partial charge in [-0.3, -0.25) is 10.1 Å². The van der Waals surface area contributed by atoms with E-state index in [0.717, 1.165) is 59.6 Å². The summed E-state index contributed by atoms with van der Waals surface area (Å²) in [5.41, 5.74) is 3.24. The molecule has 1 aliphatic heterocycles. The van der Waals surface area contributed by atoms with Crippen LogP contribution in [0.1, 0.15) is 12.0 Å². The minimum absolute atomic E-state index is 0.291. The van der Waals surface area contributed by atoms with Gasteiger partial charge in [0, 0.05) is 62.2 Å². The van der Waals surface area contributed by atoms with E-state index in [1.165, 1.54) is 6.33 Å². The van der Waals surface area contributed by atoms with Crippen LogP contribution in [0.15, 0.2) is 53.8 Å². The van der Waals surface area contributed by atoms with Gasteiger partial charge in [-0.25, -0.2) is 4.98 Å². The third kappa shape index (κ3) is 5.11. The molecule has 4 rings (SSSR count). The van der Waals surface area contributed by atoms with Crippen LogP contribution in [0.25, 0.3) is 11.4 Å². The third-order valence-electron chi connectivity index (χ3n) is 5.53. The minimum atomic E-state index is 0.291. The first-order chi connectivity index (χ1) is 15.7. The Morgan fingerprint density at radius 3 is 2.69 bits per heavy atom. The normalized spacial score (nSPS) is 16.2. The summed E-state index contributed by atoms with van der Waals surface area (Å²) < 4.78 is 10.8. The molecule has 1 saturated heterocycles. The number of hydrogen-bond acceptors (Lipinski definition) is 6. The smallest absolute Gasteiger partial charge is 0.191 e. The number of aliphatic imine (C=N–C) groups is 1. The lowest BCUT2D eigenvalue weighted by atomic mass is 10.1. The summed E-state index contributed by atoms with van der Waals surface area (Å²) >= 11 is 0. The van der Waals surface area contributed by atoms with Crippen LogP contribution in [0.2, 0.25) is 0 Å². The first-order valence-corrected chi connectivity index (χ1v) is 10.6. The fourth-order valence-corrected chi connectivity index (χ4v) is 3.83. The molecule has 3 aromatic rings. The molecule has 0 radical (unpaired) electrons. The van der Waals surface area contributed by atoms with Crippen LogP contribution in [-0.2, 0) is 6.54 Å². The molecule has 0 aliphatic carbocycles. The molecule has 2 heterocycles. The number of nitrogens with one attached hydrogen (secondary N) is 3. The molecule has 0 saturated carbocycles. The van der Waals surface area contributed by atoms with Gasteiger partial charge in [0.25, 0.3) is 0 Å². The molecule has 1 fully saturated rings. The predicted octanol–water partition coefficient (Wildman–Crippen LogP) is 2.43. The molecule has 0 bridgehead atoms. The van der Waals surface area contributed by atoms with Gasteiger partial charge in [-0.1, -0.05) is 18.2 Å². The summed E-state index contributed by atoms with van der Waals surface area (Å²) in [5.74, 6) is 3.13. The van der Waals surface area contributed by atoms with E-state index in [-0.39, 0.29) is 0 Å². The maximum Gasteiger partial charge on any atom is 0.191 e. The Balaban J connectivity index is 1.34. The Labute approximate surface area is 187 Å². The largest absolute Gasteiger partial charge is 0.497 e. The van der Waals surface area contributed by atoms with Gasteiger partial charge in [0.2, 0.25) is 0 Å². The fraction of sp³-hybridized carbons (Fsp3) is 0.348. The minimum Gasteiger partial charge on any atom is -0.497 e. The number of benzene rings is 2. The summed E-state index contributed by atoms with van der Waals surface area (Å²) in [6.45, 7) is 2.48. The van der Waals surface area contributed by atoms with Crippen LogP contribution in [0, 0.1) is 0 Å². The lowest BCUT2D eigenvalue weighted by molar-refractivity contribution is 0.394. The number of aromatic nitrogens is 3. The molecule has 0 spiro atoms. The quantitative estimate of drug-likeness (QED) is 0.387. The van der Waals surface area contributed by atoms with Crippen molar-refractivity contribution in [2.75, 3.05) is 39.3 Å². The maximum absolute atomic E-state index is 5.41. The van der Waals surface area contributed by atoms with Gasteiger partial charge in [0.15, 0.2) is 11.8 Å². The molecule has 32 heavy (non-hydrogen) atoms. The van der Waals surface area contributed by atoms with E-state index in [1.807, 2.05) is 30.3 Å². The summed E-state index contributed by atoms with van der Waals surface area (Å²) in [4.78, 5) is 10.9. The van der Waals surface area contributed by atoms with Crippen LogP contribution in [-0.4, -0.2) is 61.5 Å². The Bertz CT molecular complexity index is 1030. The van der Waals surface area contributed by atoms with Crippen molar-refractivity contribution in [3.05, 3.63) is 54.4 Å². The second kappa shape index (κ2) is 10.0. The van der Waals surface area contributed by atoms with Gasteiger partial charge in [-0.2, -0.15) is 5.10 Å². The zero-order valence-corrected chi connectivity index (χ0v) is 18.6. The lowest BCUT2D eigenvalue weighted by Gasteiger charge is -2.21. The highest BCUT2D eigenvalue weighted by Gasteiger charge is 2.24. The van der Waals surface area contributed by atoms with E-state index >= 15 is 0 Å². The van der Waals surface area contributed by atoms with Gasteiger partial charge < -0.3 is 25.0 Å². The number of nitrogens with zero attached hydrogens (tertiary/aromatic N) is 4. The molecule has 0 amide bonds. The van der Waals surface area contributed by atoms with Gasteiger partial charge in [0.1, 0.15) is 17.8 Å². The zero-order valence-electron chi connectivity index (χ0n) is 18.6. The van der Waals surface area contributed by atoms with Crippen molar-refractivity contribution >= 4 is 11.6 Å². The fourth-order valence-electron chi connectivity index (χ4n) is 3.83. The molecule has 1 atom stereocenters. The van der Waals surface area contributed by atoms with E-state index in [1.54, 1.807) is 21.3 Å². The maximum atomic E-state index is 5.41. The van der Waals surface area contributed by atoms with Crippen molar-refractivity contribution in [2.45, 2.75) is 19.0 Å². The molecule has 168 valence electrons. The van der Waals surface area contributed by atoms with Gasteiger partial charge in [0.05, 0.1) is 14.2 Å². The average Bonchev–Trinajstić information content (AvgIpc) is 3.54. The summed E-state index contributed by atoms with van der Waals surface area (Å²) in [6.07, 6.45) is 2.53. The van der Waals surface area contributed by atoms with Crippen molar-refractivity contribution < 1.29 is 9.47 Å². The molecule has 1 unspecified atom stereocenters. The number of hydrogen-bond donors (Lipinski definition) is 3. The van der Waals surface area contributed by atoms with E-state index in [9.17, 15) is 0 Å². The number of methoxy groups -OCH3 is 2. The molecule has 9 nitrogen and oxygen atoms in total. The number of H-pyrrole nitrogens is 1. The predicted molar refractivity (Wildman–Crippen MR) is 125 cm³/mol. The van der Waals surface area contributed by atoms with Crippen LogP contribution in [0.4, 0.5) is 5.69 Å².